The van der Waals surface area contributed by atoms with Crippen molar-refractivity contribution in [3.63, 3.8) is 0 Å². The van der Waals surface area contributed by atoms with Crippen molar-refractivity contribution in [2.75, 3.05) is 0 Å². The molecule has 0 saturated carbocycles. The Balaban J connectivity index is 1.67. The Morgan fingerprint density at radius 1 is 1.10 bits per heavy atom. The topological polar surface area (TPSA) is 4.93 Å². The van der Waals surface area contributed by atoms with Crippen molar-refractivity contribution in [3.05, 3.63) is 58.4 Å². The van der Waals surface area contributed by atoms with Crippen LogP contribution in [0, 0.1) is 18.6 Å². The van der Waals surface area contributed by atoms with E-state index in [-0.39, 0.29) is 0 Å². The van der Waals surface area contributed by atoms with Crippen LogP contribution in [0.5, 0.6) is 0 Å². The fourth-order valence-electron chi connectivity index (χ4n) is 3.38. The van der Waals surface area contributed by atoms with Gasteiger partial charge in [-0.3, -0.25) is 0 Å². The molecule has 2 aromatic rings. The third kappa shape index (κ3) is 3.02. The van der Waals surface area contributed by atoms with E-state index >= 15 is 0 Å². The number of nitrogens with zero attached hydrogens (tertiary/aromatic N) is 1. The van der Waals surface area contributed by atoms with Gasteiger partial charge in [-0.1, -0.05) is 6.07 Å². The Morgan fingerprint density at radius 3 is 2.71 bits per heavy atom. The monoisotopic (exact) mass is 289 g/mol. The van der Waals surface area contributed by atoms with E-state index < -0.39 is 11.6 Å². The quantitative estimate of drug-likeness (QED) is 0.776. The SMILES string of the molecule is Cc1cc2c(n1CCCc1ccc(F)cc1F)CCCC2. The first-order chi connectivity index (χ1) is 10.1. The molecule has 3 heteroatoms. The van der Waals surface area contributed by atoms with Crippen molar-refractivity contribution in [1.82, 2.24) is 4.57 Å². The highest BCUT2D eigenvalue weighted by molar-refractivity contribution is 5.29. The van der Waals surface area contributed by atoms with E-state index in [9.17, 15) is 8.78 Å². The van der Waals surface area contributed by atoms with Gasteiger partial charge in [-0.05, 0) is 68.7 Å². The number of hydrogen-bond acceptors (Lipinski definition) is 0. The van der Waals surface area contributed by atoms with Crippen molar-refractivity contribution < 1.29 is 8.78 Å². The highest BCUT2D eigenvalue weighted by Crippen LogP contribution is 2.25. The molecule has 1 aromatic carbocycles. The van der Waals surface area contributed by atoms with Crippen molar-refractivity contribution in [1.29, 1.82) is 0 Å². The average Bonchev–Trinajstić information content (AvgIpc) is 2.77. The molecule has 1 aliphatic rings. The van der Waals surface area contributed by atoms with Gasteiger partial charge in [0.05, 0.1) is 0 Å². The predicted molar refractivity (Wildman–Crippen MR) is 80.5 cm³/mol. The lowest BCUT2D eigenvalue weighted by molar-refractivity contribution is 0.549. The Labute approximate surface area is 124 Å². The van der Waals surface area contributed by atoms with E-state index in [1.807, 2.05) is 0 Å². The zero-order chi connectivity index (χ0) is 14.8. The standard InChI is InChI=1S/C18H21F2N/c1-13-11-15-5-2-3-7-18(15)21(13)10-4-6-14-8-9-16(19)12-17(14)20/h8-9,11-12H,2-7,10H2,1H3. The lowest BCUT2D eigenvalue weighted by Gasteiger charge is -2.16. The second-order valence-corrected chi connectivity index (χ2v) is 5.96. The van der Waals surface area contributed by atoms with Gasteiger partial charge >= 0.3 is 0 Å². The molecule has 1 heterocycles. The molecule has 0 bridgehead atoms. The van der Waals surface area contributed by atoms with Crippen LogP contribution < -0.4 is 0 Å². The van der Waals surface area contributed by atoms with Gasteiger partial charge in [0.2, 0.25) is 0 Å². The number of hydrogen-bond donors (Lipinski definition) is 0. The second kappa shape index (κ2) is 6.00. The maximum absolute atomic E-state index is 13.6. The third-order valence-electron chi connectivity index (χ3n) is 4.46. The Hall–Kier alpha value is -1.64. The summed E-state index contributed by atoms with van der Waals surface area (Å²) in [6, 6.07) is 6.16. The zero-order valence-corrected chi connectivity index (χ0v) is 12.5. The van der Waals surface area contributed by atoms with Crippen LogP contribution in [0.2, 0.25) is 0 Å². The molecule has 0 N–H and O–H groups in total. The van der Waals surface area contributed by atoms with Crippen molar-refractivity contribution in [2.24, 2.45) is 0 Å². The van der Waals surface area contributed by atoms with E-state index in [4.69, 9.17) is 0 Å². The van der Waals surface area contributed by atoms with E-state index in [1.165, 1.54) is 42.3 Å². The first-order valence-corrected chi connectivity index (χ1v) is 7.77. The van der Waals surface area contributed by atoms with Crippen LogP contribution in [0.4, 0.5) is 8.78 Å². The first kappa shape index (κ1) is 14.3. The van der Waals surface area contributed by atoms with Crippen LogP contribution in [0.3, 0.4) is 0 Å². The van der Waals surface area contributed by atoms with Crippen molar-refractivity contribution >= 4 is 0 Å². The van der Waals surface area contributed by atoms with Crippen LogP contribution >= 0.6 is 0 Å². The molecule has 0 unspecified atom stereocenters. The van der Waals surface area contributed by atoms with Gasteiger partial charge in [-0.25, -0.2) is 8.78 Å². The molecular formula is C18H21F2N. The van der Waals surface area contributed by atoms with E-state index in [0.29, 0.717) is 12.0 Å². The Morgan fingerprint density at radius 2 is 1.90 bits per heavy atom. The second-order valence-electron chi connectivity index (χ2n) is 5.96. The highest BCUT2D eigenvalue weighted by Gasteiger charge is 2.16. The van der Waals surface area contributed by atoms with Gasteiger partial charge in [0.25, 0.3) is 0 Å². The number of halogens is 2. The van der Waals surface area contributed by atoms with Crippen LogP contribution in [-0.2, 0) is 25.8 Å². The molecule has 1 aromatic heterocycles. The van der Waals surface area contributed by atoms with Gasteiger partial charge < -0.3 is 4.57 Å². The maximum Gasteiger partial charge on any atom is 0.129 e. The van der Waals surface area contributed by atoms with Crippen LogP contribution in [0.15, 0.2) is 24.3 Å². The highest BCUT2D eigenvalue weighted by atomic mass is 19.1. The van der Waals surface area contributed by atoms with Crippen LogP contribution in [-0.4, -0.2) is 4.57 Å². The van der Waals surface area contributed by atoms with Crippen LogP contribution in [0.25, 0.3) is 0 Å². The van der Waals surface area contributed by atoms with E-state index in [2.05, 4.69) is 17.6 Å². The first-order valence-electron chi connectivity index (χ1n) is 7.77. The predicted octanol–water partition coefficient (Wildman–Crippen LogP) is 4.59. The Bertz CT molecular complexity index is 643. The smallest absolute Gasteiger partial charge is 0.129 e. The Kier molecular flexibility index (Phi) is 4.09. The summed E-state index contributed by atoms with van der Waals surface area (Å²) in [5.41, 5.74) is 4.88. The zero-order valence-electron chi connectivity index (χ0n) is 12.5. The van der Waals surface area contributed by atoms with Crippen LogP contribution in [0.1, 0.15) is 41.8 Å². The summed E-state index contributed by atoms with van der Waals surface area (Å²) < 4.78 is 28.9. The molecule has 3 rings (SSSR count). The lowest BCUT2D eigenvalue weighted by atomic mass is 9.98. The minimum atomic E-state index is -0.508. The molecule has 112 valence electrons. The maximum atomic E-state index is 13.6. The number of fused-ring (bicyclic) bond motifs is 1. The normalized spacial score (nSPS) is 14.2. The largest absolute Gasteiger partial charge is 0.349 e. The van der Waals surface area contributed by atoms with Gasteiger partial charge in [-0.15, -0.1) is 0 Å². The molecule has 1 aliphatic carbocycles. The number of rotatable bonds is 4. The van der Waals surface area contributed by atoms with Gasteiger partial charge in [0.1, 0.15) is 11.6 Å². The van der Waals surface area contributed by atoms with Crippen molar-refractivity contribution in [3.8, 4) is 0 Å². The summed E-state index contributed by atoms with van der Waals surface area (Å²) in [5.74, 6) is -0.937. The lowest BCUT2D eigenvalue weighted by Crippen LogP contribution is -2.10. The third-order valence-corrected chi connectivity index (χ3v) is 4.46. The summed E-state index contributed by atoms with van der Waals surface area (Å²) in [7, 11) is 0. The molecule has 0 atom stereocenters. The molecule has 0 saturated heterocycles. The average molecular weight is 289 g/mol. The van der Waals surface area contributed by atoms with Gasteiger partial charge in [0.15, 0.2) is 0 Å². The van der Waals surface area contributed by atoms with Crippen molar-refractivity contribution in [2.45, 2.75) is 52.0 Å². The van der Waals surface area contributed by atoms with E-state index in [1.54, 1.807) is 6.07 Å². The minimum absolute atomic E-state index is 0.429. The summed E-state index contributed by atoms with van der Waals surface area (Å²) >= 11 is 0. The molecule has 0 aliphatic heterocycles. The summed E-state index contributed by atoms with van der Waals surface area (Å²) in [6.45, 7) is 3.06. The molecule has 1 nitrogen and oxygen atoms in total. The summed E-state index contributed by atoms with van der Waals surface area (Å²) in [6.07, 6.45) is 6.44. The molecule has 0 fully saturated rings. The van der Waals surface area contributed by atoms with Gasteiger partial charge in [0, 0.05) is 24.0 Å². The number of aryl methyl sites for hydroxylation is 3. The van der Waals surface area contributed by atoms with Gasteiger partial charge in [-0.2, -0.15) is 0 Å². The summed E-state index contributed by atoms with van der Waals surface area (Å²) in [5, 5.41) is 0. The number of benzene rings is 1. The molecular weight excluding hydrogens is 268 g/mol. The number of aromatic nitrogens is 1. The molecule has 0 spiro atoms. The molecule has 0 radical (unpaired) electrons. The fourth-order valence-corrected chi connectivity index (χ4v) is 3.38. The molecule has 0 amide bonds. The minimum Gasteiger partial charge on any atom is -0.349 e. The van der Waals surface area contributed by atoms with E-state index in [0.717, 1.165) is 25.5 Å². The molecule has 21 heavy (non-hydrogen) atoms. The fraction of sp³-hybridized carbons (Fsp3) is 0.444. The summed E-state index contributed by atoms with van der Waals surface area (Å²) in [4.78, 5) is 0.